The van der Waals surface area contributed by atoms with Crippen molar-refractivity contribution in [3.05, 3.63) is 186 Å². The van der Waals surface area contributed by atoms with Crippen LogP contribution in [0.25, 0.3) is 33.9 Å². The van der Waals surface area contributed by atoms with E-state index in [0.717, 1.165) is 67.8 Å². The number of rotatable bonds is 6. The van der Waals surface area contributed by atoms with Crippen molar-refractivity contribution in [3.8, 4) is 39.7 Å². The van der Waals surface area contributed by atoms with E-state index in [-0.39, 0.29) is 10.8 Å². The summed E-state index contributed by atoms with van der Waals surface area (Å²) in [5, 5.41) is 0. The van der Waals surface area contributed by atoms with Crippen LogP contribution in [0.2, 0.25) is 0 Å². The fourth-order valence-electron chi connectivity index (χ4n) is 7.71. The number of nitrogens with zero attached hydrogens (tertiary/aromatic N) is 3. The summed E-state index contributed by atoms with van der Waals surface area (Å²) in [6.07, 6.45) is 4.31. The van der Waals surface area contributed by atoms with Crippen LogP contribution in [-0.4, -0.2) is 9.97 Å². The highest BCUT2D eigenvalue weighted by Gasteiger charge is 2.37. The number of allylic oxidation sites excluding steroid dienone is 4. The van der Waals surface area contributed by atoms with E-state index in [1.807, 2.05) is 48.5 Å². The van der Waals surface area contributed by atoms with Gasteiger partial charge in [-0.1, -0.05) is 150 Å². The Kier molecular flexibility index (Phi) is 7.83. The molecule has 0 N–H and O–H groups in total. The minimum atomic E-state index is -0.317. The van der Waals surface area contributed by atoms with Gasteiger partial charge in [0.05, 0.1) is 22.8 Å². The van der Waals surface area contributed by atoms with Crippen LogP contribution in [0.15, 0.2) is 169 Å². The molecule has 0 saturated heterocycles. The van der Waals surface area contributed by atoms with E-state index in [2.05, 4.69) is 143 Å². The van der Waals surface area contributed by atoms with Gasteiger partial charge in [-0.3, -0.25) is 0 Å². The maximum Gasteiger partial charge on any atom is 0.160 e. The molecule has 0 aliphatic carbocycles. The zero-order valence-corrected chi connectivity index (χ0v) is 29.8. The minimum absolute atomic E-state index is 0.118. The lowest BCUT2D eigenvalue weighted by Crippen LogP contribution is -2.32. The fourth-order valence-corrected chi connectivity index (χ4v) is 7.71. The van der Waals surface area contributed by atoms with Crippen LogP contribution in [0.1, 0.15) is 51.3 Å². The van der Waals surface area contributed by atoms with Crippen LogP contribution >= 0.6 is 0 Å². The Hall–Kier alpha value is -6.00. The summed E-state index contributed by atoms with van der Waals surface area (Å²) in [6.45, 7) is 15.8. The highest BCUT2D eigenvalue weighted by atomic mass is 16.5. The van der Waals surface area contributed by atoms with Crippen molar-refractivity contribution in [3.63, 3.8) is 0 Å². The van der Waals surface area contributed by atoms with Gasteiger partial charge in [0.25, 0.3) is 0 Å². The lowest BCUT2D eigenvalue weighted by molar-refractivity contribution is 0.374. The second kappa shape index (κ2) is 12.4. The maximum atomic E-state index is 6.63. The van der Waals surface area contributed by atoms with Crippen molar-refractivity contribution in [2.24, 2.45) is 0 Å². The zero-order valence-electron chi connectivity index (χ0n) is 29.8. The third kappa shape index (κ3) is 5.57. The molecule has 0 atom stereocenters. The van der Waals surface area contributed by atoms with Crippen molar-refractivity contribution >= 4 is 11.4 Å². The summed E-state index contributed by atoms with van der Waals surface area (Å²) in [5.74, 6) is 2.40. The largest absolute Gasteiger partial charge is 0.461 e. The van der Waals surface area contributed by atoms with Gasteiger partial charge in [-0.2, -0.15) is 0 Å². The molecule has 51 heavy (non-hydrogen) atoms. The molecular formula is C47H41N3O. The Morgan fingerprint density at radius 2 is 1.16 bits per heavy atom. The summed E-state index contributed by atoms with van der Waals surface area (Å²) in [5.41, 5.74) is 12.3. The van der Waals surface area contributed by atoms with Gasteiger partial charge in [-0.05, 0) is 48.4 Å². The molecule has 8 rings (SSSR count). The van der Waals surface area contributed by atoms with Crippen molar-refractivity contribution in [2.75, 3.05) is 4.90 Å². The van der Waals surface area contributed by atoms with Gasteiger partial charge in [0.1, 0.15) is 11.5 Å². The summed E-state index contributed by atoms with van der Waals surface area (Å²) in [7, 11) is 0. The van der Waals surface area contributed by atoms with Crippen molar-refractivity contribution in [2.45, 2.75) is 45.4 Å². The molecule has 1 aromatic heterocycles. The van der Waals surface area contributed by atoms with Crippen molar-refractivity contribution in [1.82, 2.24) is 9.97 Å². The molecule has 0 fully saturated rings. The smallest absolute Gasteiger partial charge is 0.160 e. The number of anilines is 2. The van der Waals surface area contributed by atoms with E-state index >= 15 is 0 Å². The average Bonchev–Trinajstić information content (AvgIpc) is 3.15. The SMILES string of the molecule is C=C(/C=C\C1=C(C)Oc2cc(-c3cc(-c4ccccc4)nc(-c4ccccc4)n3)ccc2C1(C)C)N1c2ccccc2C(C)(C)c2ccccc21. The Morgan fingerprint density at radius 1 is 0.608 bits per heavy atom. The maximum absolute atomic E-state index is 6.63. The Balaban J connectivity index is 1.14. The van der Waals surface area contributed by atoms with Gasteiger partial charge in [-0.15, -0.1) is 0 Å². The van der Waals surface area contributed by atoms with Crippen molar-refractivity contribution in [1.29, 1.82) is 0 Å². The molecule has 2 aliphatic heterocycles. The third-order valence-corrected chi connectivity index (χ3v) is 10.5. The van der Waals surface area contributed by atoms with E-state index in [4.69, 9.17) is 14.7 Å². The topological polar surface area (TPSA) is 38.3 Å². The molecule has 250 valence electrons. The first kappa shape index (κ1) is 32.2. The lowest BCUT2D eigenvalue weighted by atomic mass is 9.73. The molecular weight excluding hydrogens is 623 g/mol. The Bertz CT molecular complexity index is 2260. The number of aromatic nitrogens is 2. The first-order valence-electron chi connectivity index (χ1n) is 17.5. The first-order chi connectivity index (χ1) is 24.6. The van der Waals surface area contributed by atoms with Crippen LogP contribution in [0.3, 0.4) is 0 Å². The molecule has 6 aromatic rings. The molecule has 0 spiro atoms. The highest BCUT2D eigenvalue weighted by Crippen LogP contribution is 2.51. The molecule has 4 heteroatoms. The molecule has 0 saturated carbocycles. The van der Waals surface area contributed by atoms with Crippen LogP contribution in [0, 0.1) is 0 Å². The Labute approximate surface area is 301 Å². The molecule has 4 nitrogen and oxygen atoms in total. The summed E-state index contributed by atoms with van der Waals surface area (Å²) in [4.78, 5) is 12.3. The predicted octanol–water partition coefficient (Wildman–Crippen LogP) is 12.0. The molecule has 2 aliphatic rings. The van der Waals surface area contributed by atoms with E-state index in [1.165, 1.54) is 11.1 Å². The molecule has 3 heterocycles. The van der Waals surface area contributed by atoms with E-state index < -0.39 is 0 Å². The second-order valence-electron chi connectivity index (χ2n) is 14.4. The monoisotopic (exact) mass is 663 g/mol. The average molecular weight is 664 g/mol. The predicted molar refractivity (Wildman–Crippen MR) is 210 cm³/mol. The molecule has 0 radical (unpaired) electrons. The first-order valence-corrected chi connectivity index (χ1v) is 17.5. The lowest BCUT2D eigenvalue weighted by Gasteiger charge is -2.42. The van der Waals surface area contributed by atoms with E-state index in [0.29, 0.717) is 5.82 Å². The summed E-state index contributed by atoms with van der Waals surface area (Å²) < 4.78 is 6.63. The number of fused-ring (bicyclic) bond motifs is 3. The van der Waals surface area contributed by atoms with Crippen LogP contribution in [0.4, 0.5) is 11.4 Å². The fraction of sp³-hybridized carbons (Fsp3) is 0.149. The quantitative estimate of drug-likeness (QED) is 0.166. The van der Waals surface area contributed by atoms with Gasteiger partial charge in [0.2, 0.25) is 0 Å². The van der Waals surface area contributed by atoms with Gasteiger partial charge in [-0.25, -0.2) is 9.97 Å². The van der Waals surface area contributed by atoms with E-state index in [9.17, 15) is 0 Å². The number of hydrogen-bond acceptors (Lipinski definition) is 4. The van der Waals surface area contributed by atoms with Gasteiger partial charge >= 0.3 is 0 Å². The van der Waals surface area contributed by atoms with E-state index in [1.54, 1.807) is 0 Å². The van der Waals surface area contributed by atoms with Gasteiger partial charge in [0.15, 0.2) is 5.82 Å². The molecule has 5 aromatic carbocycles. The van der Waals surface area contributed by atoms with Crippen LogP contribution in [0.5, 0.6) is 5.75 Å². The molecule has 0 amide bonds. The van der Waals surface area contributed by atoms with Gasteiger partial charge < -0.3 is 9.64 Å². The molecule has 0 unspecified atom stereocenters. The Morgan fingerprint density at radius 3 is 1.78 bits per heavy atom. The van der Waals surface area contributed by atoms with Crippen LogP contribution < -0.4 is 9.64 Å². The molecule has 0 bridgehead atoms. The third-order valence-electron chi connectivity index (χ3n) is 10.5. The van der Waals surface area contributed by atoms with Crippen LogP contribution in [-0.2, 0) is 10.8 Å². The highest BCUT2D eigenvalue weighted by molar-refractivity contribution is 5.82. The number of hydrogen-bond donors (Lipinski definition) is 0. The summed E-state index contributed by atoms with van der Waals surface area (Å²) >= 11 is 0. The normalized spacial score (nSPS) is 15.5. The number of benzene rings is 5. The van der Waals surface area contributed by atoms with Gasteiger partial charge in [0, 0.05) is 44.4 Å². The minimum Gasteiger partial charge on any atom is -0.461 e. The summed E-state index contributed by atoms with van der Waals surface area (Å²) in [6, 6.07) is 46.3. The zero-order chi connectivity index (χ0) is 35.3. The standard InChI is InChI=1S/C47H41N3O/c1-31(50-42-23-15-13-21-37(42)47(5,6)38-22-14-16-24-43(38)50)25-27-36-32(2)51-44-29-35(26-28-39(44)46(36,3)4)41-30-40(33-17-9-7-10-18-33)48-45(49-41)34-19-11-8-12-20-34/h7-30H,1H2,2-6H3/b27-25-. The number of para-hydroxylation sites is 2. The number of ether oxygens (including phenoxy) is 1. The van der Waals surface area contributed by atoms with Crippen molar-refractivity contribution < 1.29 is 4.74 Å². The second-order valence-corrected chi connectivity index (χ2v) is 14.4.